The van der Waals surface area contributed by atoms with E-state index in [2.05, 4.69) is 43.1 Å². The minimum atomic E-state index is 0.0563. The van der Waals surface area contributed by atoms with Gasteiger partial charge in [0.15, 0.2) is 0 Å². The second-order valence-corrected chi connectivity index (χ2v) is 9.10. The standard InChI is InChI=1S/C28H23N9O/c1-3-23-11-27(32-18-31-23)38-24-6-8-36(9-7-24)26-5-4-19(13-30-26)25-10-20(22-15-33-35(2)16-22)17-37-28(25)21(12-29)14-34-37/h1,4-5,10-11,13-18,24H,6-9H2,2H3. The zero-order valence-electron chi connectivity index (χ0n) is 20.7. The van der Waals surface area contributed by atoms with E-state index in [-0.39, 0.29) is 6.10 Å². The first-order valence-corrected chi connectivity index (χ1v) is 12.2. The molecule has 0 aliphatic carbocycles. The van der Waals surface area contributed by atoms with E-state index < -0.39 is 0 Å². The van der Waals surface area contributed by atoms with Gasteiger partial charge in [-0.05, 0) is 24.1 Å². The van der Waals surface area contributed by atoms with Gasteiger partial charge in [-0.15, -0.1) is 6.42 Å². The van der Waals surface area contributed by atoms with Crippen LogP contribution in [0.25, 0.3) is 27.8 Å². The van der Waals surface area contributed by atoms with E-state index in [0.717, 1.165) is 59.5 Å². The number of terminal acetylenes is 1. The van der Waals surface area contributed by atoms with Gasteiger partial charge < -0.3 is 9.64 Å². The number of aromatic nitrogens is 7. The van der Waals surface area contributed by atoms with Crippen LogP contribution in [0, 0.1) is 23.7 Å². The average Bonchev–Trinajstić information content (AvgIpc) is 3.59. The van der Waals surface area contributed by atoms with E-state index in [4.69, 9.17) is 16.1 Å². The summed E-state index contributed by atoms with van der Waals surface area (Å²) in [5.41, 5.74) is 5.51. The Kier molecular flexibility index (Phi) is 5.91. The molecule has 0 bridgehead atoms. The predicted molar refractivity (Wildman–Crippen MR) is 141 cm³/mol. The molecule has 0 N–H and O–H groups in total. The van der Waals surface area contributed by atoms with Crippen LogP contribution in [0.4, 0.5) is 5.82 Å². The number of rotatable bonds is 5. The maximum Gasteiger partial charge on any atom is 0.217 e. The fourth-order valence-corrected chi connectivity index (χ4v) is 4.74. The molecule has 0 saturated carbocycles. The summed E-state index contributed by atoms with van der Waals surface area (Å²) in [6.45, 7) is 1.62. The van der Waals surface area contributed by atoms with Gasteiger partial charge in [-0.1, -0.05) is 0 Å². The minimum absolute atomic E-state index is 0.0563. The molecule has 1 saturated heterocycles. The zero-order chi connectivity index (χ0) is 26.1. The van der Waals surface area contributed by atoms with Gasteiger partial charge in [-0.25, -0.2) is 19.5 Å². The van der Waals surface area contributed by atoms with Crippen molar-refractivity contribution in [3.05, 3.63) is 72.8 Å². The first-order chi connectivity index (χ1) is 18.6. The summed E-state index contributed by atoms with van der Waals surface area (Å²) in [5, 5.41) is 18.4. The summed E-state index contributed by atoms with van der Waals surface area (Å²) in [6, 6.07) is 10.1. The summed E-state index contributed by atoms with van der Waals surface area (Å²) in [4.78, 5) is 15.2. The van der Waals surface area contributed by atoms with Crippen molar-refractivity contribution in [2.75, 3.05) is 18.0 Å². The predicted octanol–water partition coefficient (Wildman–Crippen LogP) is 3.49. The number of hydrogen-bond acceptors (Lipinski definition) is 8. The highest BCUT2D eigenvalue weighted by Crippen LogP contribution is 2.32. The summed E-state index contributed by atoms with van der Waals surface area (Å²) in [5.74, 6) is 3.91. The van der Waals surface area contributed by atoms with Crippen molar-refractivity contribution in [3.63, 3.8) is 0 Å². The number of nitrogens with zero attached hydrogens (tertiary/aromatic N) is 9. The molecule has 0 aromatic carbocycles. The molecular weight excluding hydrogens is 478 g/mol. The molecule has 6 heterocycles. The summed E-state index contributed by atoms with van der Waals surface area (Å²) in [7, 11) is 1.88. The van der Waals surface area contributed by atoms with Gasteiger partial charge in [0, 0.05) is 79.9 Å². The van der Waals surface area contributed by atoms with E-state index in [1.165, 1.54) is 6.33 Å². The number of anilines is 1. The molecule has 1 aliphatic rings. The van der Waals surface area contributed by atoms with Gasteiger partial charge in [-0.3, -0.25) is 4.68 Å². The number of piperidine rings is 1. The molecule has 6 rings (SSSR count). The van der Waals surface area contributed by atoms with E-state index in [1.807, 2.05) is 44.0 Å². The molecule has 0 radical (unpaired) electrons. The monoisotopic (exact) mass is 501 g/mol. The van der Waals surface area contributed by atoms with Crippen LogP contribution in [-0.2, 0) is 7.05 Å². The SMILES string of the molecule is C#Cc1cc(OC2CCN(c3ccc(-c4cc(-c5cnn(C)c5)cn5ncc(C#N)c45)cn3)CC2)ncn1. The van der Waals surface area contributed by atoms with Gasteiger partial charge in [0.1, 0.15) is 30.0 Å². The van der Waals surface area contributed by atoms with Crippen LogP contribution in [0.5, 0.6) is 5.88 Å². The Balaban J connectivity index is 1.22. The number of fused-ring (bicyclic) bond motifs is 1. The second-order valence-electron chi connectivity index (χ2n) is 9.10. The Labute approximate surface area is 219 Å². The van der Waals surface area contributed by atoms with Crippen LogP contribution in [0.1, 0.15) is 24.1 Å². The Morgan fingerprint density at radius 1 is 0.974 bits per heavy atom. The lowest BCUT2D eigenvalue weighted by atomic mass is 10.0. The van der Waals surface area contributed by atoms with E-state index in [0.29, 0.717) is 17.1 Å². The third kappa shape index (κ3) is 4.40. The van der Waals surface area contributed by atoms with Crippen molar-refractivity contribution >= 4 is 11.3 Å². The number of ether oxygens (including phenoxy) is 1. The fraction of sp³-hybridized carbons (Fsp3) is 0.214. The summed E-state index contributed by atoms with van der Waals surface area (Å²) >= 11 is 0. The van der Waals surface area contributed by atoms with Gasteiger partial charge in [0.25, 0.3) is 0 Å². The molecule has 1 fully saturated rings. The van der Waals surface area contributed by atoms with Gasteiger partial charge >= 0.3 is 0 Å². The normalized spacial score (nSPS) is 13.8. The van der Waals surface area contributed by atoms with Crippen molar-refractivity contribution in [1.29, 1.82) is 5.26 Å². The Bertz CT molecular complexity index is 1700. The minimum Gasteiger partial charge on any atom is -0.474 e. The smallest absolute Gasteiger partial charge is 0.217 e. The fourth-order valence-electron chi connectivity index (χ4n) is 4.74. The zero-order valence-corrected chi connectivity index (χ0v) is 20.7. The molecule has 5 aromatic rings. The Morgan fingerprint density at radius 3 is 2.55 bits per heavy atom. The lowest BCUT2D eigenvalue weighted by Gasteiger charge is -2.32. The van der Waals surface area contributed by atoms with Crippen molar-refractivity contribution in [3.8, 4) is 46.5 Å². The second kappa shape index (κ2) is 9.68. The van der Waals surface area contributed by atoms with Crippen molar-refractivity contribution in [2.24, 2.45) is 7.05 Å². The third-order valence-electron chi connectivity index (χ3n) is 6.67. The van der Waals surface area contributed by atoms with E-state index in [9.17, 15) is 5.26 Å². The maximum absolute atomic E-state index is 9.68. The molecular formula is C28H23N9O. The third-order valence-corrected chi connectivity index (χ3v) is 6.67. The molecule has 10 nitrogen and oxygen atoms in total. The van der Waals surface area contributed by atoms with Crippen LogP contribution >= 0.6 is 0 Å². The number of pyridine rings is 2. The van der Waals surface area contributed by atoms with Crippen molar-refractivity contribution in [2.45, 2.75) is 18.9 Å². The van der Waals surface area contributed by atoms with Gasteiger partial charge in [0.05, 0.1) is 23.5 Å². The average molecular weight is 502 g/mol. The van der Waals surface area contributed by atoms with Crippen molar-refractivity contribution in [1.82, 2.24) is 34.3 Å². The lowest BCUT2D eigenvalue weighted by Crippen LogP contribution is -2.38. The van der Waals surface area contributed by atoms with E-state index >= 15 is 0 Å². The van der Waals surface area contributed by atoms with Crippen LogP contribution in [0.2, 0.25) is 0 Å². The molecule has 0 spiro atoms. The number of hydrogen-bond donors (Lipinski definition) is 0. The van der Waals surface area contributed by atoms with Crippen LogP contribution in [0.3, 0.4) is 0 Å². The summed E-state index contributed by atoms with van der Waals surface area (Å²) in [6.07, 6.45) is 17.7. The molecule has 0 unspecified atom stereocenters. The number of aryl methyl sites for hydroxylation is 1. The molecule has 0 amide bonds. The van der Waals surface area contributed by atoms with Crippen LogP contribution in [-0.4, -0.2) is 53.5 Å². The van der Waals surface area contributed by atoms with Gasteiger partial charge in [0.2, 0.25) is 5.88 Å². The number of nitriles is 1. The highest BCUT2D eigenvalue weighted by atomic mass is 16.5. The highest BCUT2D eigenvalue weighted by Gasteiger charge is 2.22. The van der Waals surface area contributed by atoms with Crippen LogP contribution < -0.4 is 9.64 Å². The topological polar surface area (TPSA) is 110 Å². The van der Waals surface area contributed by atoms with E-state index in [1.54, 1.807) is 21.5 Å². The largest absolute Gasteiger partial charge is 0.474 e. The first kappa shape index (κ1) is 23.2. The molecule has 5 aromatic heterocycles. The Morgan fingerprint density at radius 2 is 1.84 bits per heavy atom. The lowest BCUT2D eigenvalue weighted by molar-refractivity contribution is 0.163. The van der Waals surface area contributed by atoms with Gasteiger partial charge in [-0.2, -0.15) is 15.5 Å². The van der Waals surface area contributed by atoms with Crippen molar-refractivity contribution < 1.29 is 4.74 Å². The quantitative estimate of drug-likeness (QED) is 0.337. The molecule has 186 valence electrons. The highest BCUT2D eigenvalue weighted by molar-refractivity contribution is 5.87. The summed E-state index contributed by atoms with van der Waals surface area (Å²) < 4.78 is 9.54. The molecule has 10 heteroatoms. The maximum atomic E-state index is 9.68. The Hall–Kier alpha value is -5.22. The molecule has 1 aliphatic heterocycles. The molecule has 38 heavy (non-hydrogen) atoms. The first-order valence-electron chi connectivity index (χ1n) is 12.2. The van der Waals surface area contributed by atoms with Crippen LogP contribution in [0.15, 0.2) is 61.6 Å². The molecule has 0 atom stereocenters.